The normalized spacial score (nSPS) is 15.3. The largest absolute Gasteiger partial charge is 0.354 e. The molecular weight excluding hydrogens is 355 g/mol. The van der Waals surface area contributed by atoms with Gasteiger partial charge in [-0.1, -0.05) is 12.1 Å². The Morgan fingerprint density at radius 2 is 1.96 bits per heavy atom. The van der Waals surface area contributed by atoms with Crippen molar-refractivity contribution in [1.82, 2.24) is 14.9 Å². The fraction of sp³-hybridized carbons (Fsp3) is 0.364. The molecule has 0 aliphatic carbocycles. The average Bonchev–Trinajstić information content (AvgIpc) is 2.72. The van der Waals surface area contributed by atoms with Gasteiger partial charge >= 0.3 is 0 Å². The van der Waals surface area contributed by atoms with E-state index < -0.39 is 5.82 Å². The van der Waals surface area contributed by atoms with Crippen molar-refractivity contribution in [2.24, 2.45) is 0 Å². The van der Waals surface area contributed by atoms with Crippen molar-refractivity contribution in [3.8, 4) is 0 Å². The fourth-order valence-electron chi connectivity index (χ4n) is 3.90. The first-order valence-electron chi connectivity index (χ1n) is 9.81. The SMILES string of the molecule is Cc1ccc(F)c2c(=O)[nH]c(CCCN3CCN(c4ccccn4)CC3)cc12. The van der Waals surface area contributed by atoms with Gasteiger partial charge in [0.15, 0.2) is 0 Å². The number of rotatable bonds is 5. The number of nitrogens with zero attached hydrogens (tertiary/aromatic N) is 3. The maximum absolute atomic E-state index is 14.0. The number of benzene rings is 1. The monoisotopic (exact) mass is 380 g/mol. The summed E-state index contributed by atoms with van der Waals surface area (Å²) in [5.74, 6) is 0.581. The van der Waals surface area contributed by atoms with E-state index in [-0.39, 0.29) is 10.9 Å². The molecule has 1 aliphatic rings. The molecule has 4 rings (SSSR count). The van der Waals surface area contributed by atoms with E-state index in [0.29, 0.717) is 5.39 Å². The maximum Gasteiger partial charge on any atom is 0.259 e. The predicted molar refractivity (Wildman–Crippen MR) is 110 cm³/mol. The number of aryl methyl sites for hydroxylation is 2. The Morgan fingerprint density at radius 1 is 1.14 bits per heavy atom. The van der Waals surface area contributed by atoms with E-state index in [1.807, 2.05) is 31.3 Å². The third-order valence-corrected chi connectivity index (χ3v) is 5.50. The zero-order valence-corrected chi connectivity index (χ0v) is 16.1. The van der Waals surface area contributed by atoms with Gasteiger partial charge in [-0.3, -0.25) is 9.69 Å². The predicted octanol–water partition coefficient (Wildman–Crippen LogP) is 3.13. The number of hydrogen-bond acceptors (Lipinski definition) is 4. The zero-order valence-electron chi connectivity index (χ0n) is 16.1. The summed E-state index contributed by atoms with van der Waals surface area (Å²) in [7, 11) is 0. The van der Waals surface area contributed by atoms with Gasteiger partial charge in [0.25, 0.3) is 5.56 Å². The van der Waals surface area contributed by atoms with Crippen LogP contribution in [-0.2, 0) is 6.42 Å². The Kier molecular flexibility index (Phi) is 5.39. The number of hydrogen-bond donors (Lipinski definition) is 1. The van der Waals surface area contributed by atoms with Gasteiger partial charge in [0.05, 0.1) is 5.39 Å². The molecule has 1 aromatic carbocycles. The van der Waals surface area contributed by atoms with Gasteiger partial charge in [-0.15, -0.1) is 0 Å². The van der Waals surface area contributed by atoms with Crippen LogP contribution >= 0.6 is 0 Å². The van der Waals surface area contributed by atoms with E-state index in [2.05, 4.69) is 25.8 Å². The smallest absolute Gasteiger partial charge is 0.259 e. The van der Waals surface area contributed by atoms with E-state index >= 15 is 0 Å². The van der Waals surface area contributed by atoms with Crippen LogP contribution in [0.1, 0.15) is 17.7 Å². The molecule has 1 aliphatic heterocycles. The summed E-state index contributed by atoms with van der Waals surface area (Å²) >= 11 is 0. The first kappa shape index (κ1) is 18.6. The molecule has 1 fully saturated rings. The Hall–Kier alpha value is -2.73. The van der Waals surface area contributed by atoms with Crippen molar-refractivity contribution in [2.45, 2.75) is 19.8 Å². The van der Waals surface area contributed by atoms with Crippen LogP contribution in [0.15, 0.2) is 47.4 Å². The quantitative estimate of drug-likeness (QED) is 0.739. The number of fused-ring (bicyclic) bond motifs is 1. The molecule has 3 heterocycles. The van der Waals surface area contributed by atoms with Gasteiger partial charge in [0.1, 0.15) is 11.6 Å². The number of aromatic amines is 1. The lowest BCUT2D eigenvalue weighted by atomic mass is 10.0. The number of H-pyrrole nitrogens is 1. The third kappa shape index (κ3) is 3.92. The summed E-state index contributed by atoms with van der Waals surface area (Å²) in [6, 6.07) is 11.0. The lowest BCUT2D eigenvalue weighted by molar-refractivity contribution is 0.254. The molecule has 0 amide bonds. The van der Waals surface area contributed by atoms with E-state index in [1.54, 1.807) is 6.07 Å². The van der Waals surface area contributed by atoms with Gasteiger partial charge in [0.2, 0.25) is 0 Å². The molecule has 1 saturated heterocycles. The highest BCUT2D eigenvalue weighted by molar-refractivity contribution is 5.85. The standard InChI is InChI=1S/C22H25FN4O/c1-16-7-8-19(23)21-18(16)15-17(25-22(21)28)5-4-10-26-11-13-27(14-12-26)20-6-2-3-9-24-20/h2-3,6-9,15H,4-5,10-14H2,1H3,(H,25,28). The molecule has 0 unspecified atom stereocenters. The van der Waals surface area contributed by atoms with Crippen LogP contribution in [0.4, 0.5) is 10.2 Å². The molecule has 0 saturated carbocycles. The molecule has 6 heteroatoms. The van der Waals surface area contributed by atoms with E-state index in [1.165, 1.54) is 6.07 Å². The van der Waals surface area contributed by atoms with Gasteiger partial charge in [-0.25, -0.2) is 9.37 Å². The molecule has 146 valence electrons. The average molecular weight is 380 g/mol. The van der Waals surface area contributed by atoms with E-state index in [9.17, 15) is 9.18 Å². The molecule has 0 bridgehead atoms. The number of halogens is 1. The highest BCUT2D eigenvalue weighted by Gasteiger charge is 2.17. The van der Waals surface area contributed by atoms with Crippen LogP contribution in [0.5, 0.6) is 0 Å². The molecule has 1 N–H and O–H groups in total. The second-order valence-corrected chi connectivity index (χ2v) is 7.40. The number of anilines is 1. The summed E-state index contributed by atoms with van der Waals surface area (Å²) in [5.41, 5.74) is 1.46. The number of piperazine rings is 1. The molecule has 5 nitrogen and oxygen atoms in total. The van der Waals surface area contributed by atoms with Crippen molar-refractivity contribution < 1.29 is 4.39 Å². The van der Waals surface area contributed by atoms with Gasteiger partial charge in [-0.05, 0) is 61.5 Å². The summed E-state index contributed by atoms with van der Waals surface area (Å²) in [4.78, 5) is 24.3. The van der Waals surface area contributed by atoms with Gasteiger partial charge in [0, 0.05) is 38.1 Å². The van der Waals surface area contributed by atoms with Crippen molar-refractivity contribution in [1.29, 1.82) is 0 Å². The van der Waals surface area contributed by atoms with E-state index in [4.69, 9.17) is 0 Å². The molecule has 2 aromatic heterocycles. The minimum atomic E-state index is -0.459. The van der Waals surface area contributed by atoms with Gasteiger partial charge < -0.3 is 9.88 Å². The summed E-state index contributed by atoms with van der Waals surface area (Å²) < 4.78 is 14.0. The molecule has 0 radical (unpaired) electrons. The number of pyridine rings is 2. The highest BCUT2D eigenvalue weighted by Crippen LogP contribution is 2.19. The minimum absolute atomic E-state index is 0.161. The second kappa shape index (κ2) is 8.10. The first-order chi connectivity index (χ1) is 13.6. The summed E-state index contributed by atoms with van der Waals surface area (Å²) in [6.07, 6.45) is 3.57. The number of nitrogens with one attached hydrogen (secondary N) is 1. The minimum Gasteiger partial charge on any atom is -0.354 e. The number of aromatic nitrogens is 2. The molecule has 28 heavy (non-hydrogen) atoms. The Bertz CT molecular complexity index is 1010. The fourth-order valence-corrected chi connectivity index (χ4v) is 3.90. The summed E-state index contributed by atoms with van der Waals surface area (Å²) in [5, 5.41) is 0.872. The van der Waals surface area contributed by atoms with Crippen LogP contribution in [0.2, 0.25) is 0 Å². The maximum atomic E-state index is 14.0. The van der Waals surface area contributed by atoms with Crippen LogP contribution in [0, 0.1) is 12.7 Å². The topological polar surface area (TPSA) is 52.2 Å². The Morgan fingerprint density at radius 3 is 2.71 bits per heavy atom. The van der Waals surface area contributed by atoms with Crippen molar-refractivity contribution in [2.75, 3.05) is 37.6 Å². The molecular formula is C22H25FN4O. The Labute approximate surface area is 163 Å². The van der Waals surface area contributed by atoms with Gasteiger partial charge in [-0.2, -0.15) is 0 Å². The van der Waals surface area contributed by atoms with Crippen molar-refractivity contribution in [3.05, 3.63) is 70.0 Å². The van der Waals surface area contributed by atoms with Crippen LogP contribution in [0.3, 0.4) is 0 Å². The second-order valence-electron chi connectivity index (χ2n) is 7.40. The third-order valence-electron chi connectivity index (χ3n) is 5.50. The van der Waals surface area contributed by atoms with E-state index in [0.717, 1.165) is 62.6 Å². The van der Waals surface area contributed by atoms with Crippen LogP contribution < -0.4 is 10.5 Å². The van der Waals surface area contributed by atoms with Crippen molar-refractivity contribution in [3.63, 3.8) is 0 Å². The van der Waals surface area contributed by atoms with Crippen LogP contribution in [0.25, 0.3) is 10.8 Å². The van der Waals surface area contributed by atoms with Crippen LogP contribution in [-0.4, -0.2) is 47.6 Å². The molecule has 3 aromatic rings. The lowest BCUT2D eigenvalue weighted by Crippen LogP contribution is -2.47. The molecule has 0 atom stereocenters. The Balaban J connectivity index is 1.34. The highest BCUT2D eigenvalue weighted by atomic mass is 19.1. The molecule has 0 spiro atoms. The van der Waals surface area contributed by atoms with Crippen molar-refractivity contribution >= 4 is 16.6 Å². The lowest BCUT2D eigenvalue weighted by Gasteiger charge is -2.35. The first-order valence-corrected chi connectivity index (χ1v) is 9.81. The summed E-state index contributed by atoms with van der Waals surface area (Å²) in [6.45, 7) is 6.86. The zero-order chi connectivity index (χ0) is 19.5.